The second-order valence-corrected chi connectivity index (χ2v) is 5.30. The molecule has 3 aromatic heterocycles. The van der Waals surface area contributed by atoms with E-state index >= 15 is 0 Å². The first kappa shape index (κ1) is 11.3. The molecule has 0 amide bonds. The maximum Gasteiger partial charge on any atom is 0.345 e. The fraction of sp³-hybridized carbons (Fsp3) is 0. The normalized spacial score (nSPS) is 11.2. The van der Waals surface area contributed by atoms with Gasteiger partial charge in [0, 0.05) is 11.6 Å². The van der Waals surface area contributed by atoms with Gasteiger partial charge in [-0.15, -0.1) is 11.3 Å². The van der Waals surface area contributed by atoms with Gasteiger partial charge in [0.05, 0.1) is 11.1 Å². The average molecular weight is 280 g/mol. The SMILES string of the molecule is O=c1oc2nc(-c3ccccn3)sc2c2ccccc12. The van der Waals surface area contributed by atoms with Crippen molar-refractivity contribution >= 4 is 32.5 Å². The number of hydrogen-bond acceptors (Lipinski definition) is 5. The quantitative estimate of drug-likeness (QED) is 0.535. The molecule has 0 radical (unpaired) electrons. The summed E-state index contributed by atoms with van der Waals surface area (Å²) in [5.74, 6) is 0. The Hall–Kier alpha value is -2.53. The van der Waals surface area contributed by atoms with E-state index in [9.17, 15) is 4.79 Å². The lowest BCUT2D eigenvalue weighted by Gasteiger charge is -1.94. The first-order chi connectivity index (χ1) is 9.83. The van der Waals surface area contributed by atoms with Gasteiger partial charge in [0.15, 0.2) is 0 Å². The van der Waals surface area contributed by atoms with Crippen LogP contribution in [-0.4, -0.2) is 9.97 Å². The van der Waals surface area contributed by atoms with Crippen molar-refractivity contribution in [2.75, 3.05) is 0 Å². The minimum Gasteiger partial charge on any atom is -0.402 e. The van der Waals surface area contributed by atoms with E-state index in [1.165, 1.54) is 11.3 Å². The van der Waals surface area contributed by atoms with E-state index in [0.29, 0.717) is 11.1 Å². The Morgan fingerprint density at radius 1 is 1.00 bits per heavy atom. The Morgan fingerprint density at radius 3 is 2.60 bits per heavy atom. The van der Waals surface area contributed by atoms with Crippen LogP contribution in [0.25, 0.3) is 31.9 Å². The molecular weight excluding hydrogens is 272 g/mol. The molecule has 0 unspecified atom stereocenters. The standard InChI is InChI=1S/C15H8N2O2S/c18-15-10-6-2-1-5-9(10)12-13(19-15)17-14(20-12)11-7-3-4-8-16-11/h1-8H. The molecule has 1 aromatic carbocycles. The highest BCUT2D eigenvalue weighted by atomic mass is 32.1. The lowest BCUT2D eigenvalue weighted by Crippen LogP contribution is -1.98. The Kier molecular flexibility index (Phi) is 2.40. The summed E-state index contributed by atoms with van der Waals surface area (Å²) >= 11 is 1.48. The number of rotatable bonds is 1. The van der Waals surface area contributed by atoms with Crippen LogP contribution in [-0.2, 0) is 0 Å². The summed E-state index contributed by atoms with van der Waals surface area (Å²) in [4.78, 5) is 20.6. The lowest BCUT2D eigenvalue weighted by atomic mass is 10.2. The molecule has 20 heavy (non-hydrogen) atoms. The van der Waals surface area contributed by atoms with E-state index in [4.69, 9.17) is 4.42 Å². The fourth-order valence-electron chi connectivity index (χ4n) is 2.15. The Bertz CT molecular complexity index is 973. The van der Waals surface area contributed by atoms with E-state index < -0.39 is 0 Å². The molecule has 0 saturated heterocycles. The van der Waals surface area contributed by atoms with E-state index in [2.05, 4.69) is 9.97 Å². The molecule has 0 aliphatic rings. The van der Waals surface area contributed by atoms with Crippen LogP contribution in [0.3, 0.4) is 0 Å². The van der Waals surface area contributed by atoms with Crippen molar-refractivity contribution in [3.8, 4) is 10.7 Å². The van der Waals surface area contributed by atoms with E-state index in [0.717, 1.165) is 20.8 Å². The van der Waals surface area contributed by atoms with Gasteiger partial charge in [-0.25, -0.2) is 4.79 Å². The molecule has 4 rings (SSSR count). The maximum atomic E-state index is 11.9. The van der Waals surface area contributed by atoms with Crippen LogP contribution in [0.5, 0.6) is 0 Å². The highest BCUT2D eigenvalue weighted by Crippen LogP contribution is 2.32. The van der Waals surface area contributed by atoms with Crippen molar-refractivity contribution in [2.45, 2.75) is 0 Å². The van der Waals surface area contributed by atoms with Crippen LogP contribution in [0.15, 0.2) is 57.9 Å². The third kappa shape index (κ3) is 1.64. The predicted octanol–water partition coefficient (Wildman–Crippen LogP) is 3.46. The Labute approximate surface area is 117 Å². The molecule has 4 nitrogen and oxygen atoms in total. The highest BCUT2D eigenvalue weighted by Gasteiger charge is 2.13. The number of hydrogen-bond donors (Lipinski definition) is 0. The molecule has 0 spiro atoms. The second kappa shape index (κ2) is 4.25. The molecule has 4 aromatic rings. The van der Waals surface area contributed by atoms with Crippen molar-refractivity contribution < 1.29 is 4.42 Å². The Balaban J connectivity index is 2.10. The molecule has 5 heteroatoms. The zero-order valence-corrected chi connectivity index (χ0v) is 11.1. The van der Waals surface area contributed by atoms with Gasteiger partial charge in [-0.1, -0.05) is 24.3 Å². The monoisotopic (exact) mass is 280 g/mol. The molecule has 0 N–H and O–H groups in total. The van der Waals surface area contributed by atoms with Crippen LogP contribution in [0.2, 0.25) is 0 Å². The van der Waals surface area contributed by atoms with Crippen molar-refractivity contribution in [1.82, 2.24) is 9.97 Å². The number of benzene rings is 1. The van der Waals surface area contributed by atoms with Gasteiger partial charge in [-0.05, 0) is 18.2 Å². The topological polar surface area (TPSA) is 56.0 Å². The summed E-state index contributed by atoms with van der Waals surface area (Å²) < 4.78 is 6.17. The molecule has 0 fully saturated rings. The minimum absolute atomic E-state index is 0.356. The van der Waals surface area contributed by atoms with Crippen molar-refractivity contribution in [3.63, 3.8) is 0 Å². The zero-order chi connectivity index (χ0) is 13.5. The zero-order valence-electron chi connectivity index (χ0n) is 10.2. The van der Waals surface area contributed by atoms with Crippen molar-refractivity contribution in [2.24, 2.45) is 0 Å². The second-order valence-electron chi connectivity index (χ2n) is 4.30. The molecule has 0 aliphatic heterocycles. The van der Waals surface area contributed by atoms with Gasteiger partial charge < -0.3 is 4.42 Å². The maximum absolute atomic E-state index is 11.9. The number of fused-ring (bicyclic) bond motifs is 3. The number of aromatic nitrogens is 2. The van der Waals surface area contributed by atoms with Crippen LogP contribution < -0.4 is 5.63 Å². The number of thiazole rings is 1. The summed E-state index contributed by atoms with van der Waals surface area (Å²) in [5, 5.41) is 2.20. The Morgan fingerprint density at radius 2 is 1.80 bits per heavy atom. The van der Waals surface area contributed by atoms with E-state index in [1.807, 2.05) is 36.4 Å². The van der Waals surface area contributed by atoms with Crippen LogP contribution in [0.4, 0.5) is 0 Å². The van der Waals surface area contributed by atoms with Crippen LogP contribution >= 0.6 is 11.3 Å². The van der Waals surface area contributed by atoms with Gasteiger partial charge in [-0.2, -0.15) is 4.98 Å². The number of pyridine rings is 1. The van der Waals surface area contributed by atoms with Crippen LogP contribution in [0.1, 0.15) is 0 Å². The molecule has 3 heterocycles. The smallest absolute Gasteiger partial charge is 0.345 e. The minimum atomic E-state index is -0.356. The fourth-order valence-corrected chi connectivity index (χ4v) is 3.16. The van der Waals surface area contributed by atoms with E-state index in [-0.39, 0.29) is 5.63 Å². The van der Waals surface area contributed by atoms with Gasteiger partial charge in [0.1, 0.15) is 9.71 Å². The average Bonchev–Trinajstić information content (AvgIpc) is 2.93. The molecule has 0 aliphatic carbocycles. The summed E-state index contributed by atoms with van der Waals surface area (Å²) in [5.41, 5.74) is 0.797. The predicted molar refractivity (Wildman–Crippen MR) is 78.9 cm³/mol. The largest absolute Gasteiger partial charge is 0.402 e. The van der Waals surface area contributed by atoms with Gasteiger partial charge in [-0.3, -0.25) is 4.98 Å². The molecular formula is C15H8N2O2S. The third-order valence-electron chi connectivity index (χ3n) is 3.06. The van der Waals surface area contributed by atoms with Crippen molar-refractivity contribution in [1.29, 1.82) is 0 Å². The number of nitrogens with zero attached hydrogens (tertiary/aromatic N) is 2. The first-order valence-electron chi connectivity index (χ1n) is 6.07. The highest BCUT2D eigenvalue weighted by molar-refractivity contribution is 7.22. The van der Waals surface area contributed by atoms with Crippen LogP contribution in [0, 0.1) is 0 Å². The summed E-state index contributed by atoms with van der Waals surface area (Å²) in [6.07, 6.45) is 1.72. The van der Waals surface area contributed by atoms with Gasteiger partial charge >= 0.3 is 5.63 Å². The molecule has 0 bridgehead atoms. The van der Waals surface area contributed by atoms with Gasteiger partial charge in [0.2, 0.25) is 5.71 Å². The van der Waals surface area contributed by atoms with Gasteiger partial charge in [0.25, 0.3) is 0 Å². The molecule has 96 valence electrons. The third-order valence-corrected chi connectivity index (χ3v) is 4.15. The molecule has 0 atom stereocenters. The molecule has 0 saturated carbocycles. The van der Waals surface area contributed by atoms with E-state index in [1.54, 1.807) is 12.3 Å². The van der Waals surface area contributed by atoms with Crippen molar-refractivity contribution in [3.05, 3.63) is 59.1 Å². The summed E-state index contributed by atoms with van der Waals surface area (Å²) in [6.45, 7) is 0. The summed E-state index contributed by atoms with van der Waals surface area (Å²) in [7, 11) is 0. The summed E-state index contributed by atoms with van der Waals surface area (Å²) in [6, 6.07) is 13.1. The first-order valence-corrected chi connectivity index (χ1v) is 6.88. The lowest BCUT2D eigenvalue weighted by molar-refractivity contribution is 0.560.